The average Bonchev–Trinajstić information content (AvgIpc) is 2.40. The van der Waals surface area contributed by atoms with E-state index in [9.17, 15) is 4.79 Å². The zero-order chi connectivity index (χ0) is 13.0. The van der Waals surface area contributed by atoms with Crippen molar-refractivity contribution < 1.29 is 9.53 Å². The molecule has 0 aliphatic carbocycles. The fraction of sp³-hybridized carbons (Fsp3) is 0.143. The lowest BCUT2D eigenvalue weighted by atomic mass is 10.1. The number of nitrogens with two attached hydrogens (primary N) is 1. The van der Waals surface area contributed by atoms with Crippen LogP contribution in [0.15, 0.2) is 42.6 Å². The molecule has 1 aromatic heterocycles. The normalized spacial score (nSPS) is 10.1. The quantitative estimate of drug-likeness (QED) is 0.835. The molecule has 0 fully saturated rings. The molecule has 0 amide bonds. The Labute approximate surface area is 105 Å². The minimum Gasteiger partial charge on any atom is -0.493 e. The number of ketones is 1. The highest BCUT2D eigenvalue weighted by Crippen LogP contribution is 2.21. The zero-order valence-electron chi connectivity index (χ0n) is 10.1. The number of carbonyl (C=O) groups excluding carboxylic acids is 1. The van der Waals surface area contributed by atoms with Crippen LogP contribution in [0, 0.1) is 0 Å². The SMILES string of the molecule is CCOc1ccccc1C(=O)c1ccc(N)cn1. The van der Waals surface area contributed by atoms with Gasteiger partial charge in [0, 0.05) is 0 Å². The molecule has 1 aromatic carbocycles. The van der Waals surface area contributed by atoms with Gasteiger partial charge in [0.2, 0.25) is 5.78 Å². The first-order valence-electron chi connectivity index (χ1n) is 5.70. The van der Waals surface area contributed by atoms with Crippen LogP contribution < -0.4 is 10.5 Å². The number of nitrogen functional groups attached to an aromatic ring is 1. The molecule has 0 spiro atoms. The zero-order valence-corrected chi connectivity index (χ0v) is 10.1. The smallest absolute Gasteiger partial charge is 0.215 e. The molecular weight excluding hydrogens is 228 g/mol. The van der Waals surface area contributed by atoms with Crippen molar-refractivity contribution in [2.24, 2.45) is 0 Å². The molecule has 2 N–H and O–H groups in total. The number of ether oxygens (including phenoxy) is 1. The number of pyridine rings is 1. The molecule has 2 rings (SSSR count). The number of nitrogens with zero attached hydrogens (tertiary/aromatic N) is 1. The Morgan fingerprint density at radius 1 is 1.28 bits per heavy atom. The third-order valence-corrected chi connectivity index (χ3v) is 2.45. The van der Waals surface area contributed by atoms with E-state index < -0.39 is 0 Å². The lowest BCUT2D eigenvalue weighted by molar-refractivity contribution is 0.103. The molecule has 1 heterocycles. The summed E-state index contributed by atoms with van der Waals surface area (Å²) in [6.45, 7) is 2.39. The van der Waals surface area contributed by atoms with Gasteiger partial charge in [0.15, 0.2) is 0 Å². The largest absolute Gasteiger partial charge is 0.493 e. The average molecular weight is 242 g/mol. The van der Waals surface area contributed by atoms with Crippen LogP contribution in [0.5, 0.6) is 5.75 Å². The molecule has 0 saturated heterocycles. The third-order valence-electron chi connectivity index (χ3n) is 2.45. The summed E-state index contributed by atoms with van der Waals surface area (Å²) in [7, 11) is 0. The van der Waals surface area contributed by atoms with E-state index in [0.29, 0.717) is 29.3 Å². The summed E-state index contributed by atoms with van der Waals surface area (Å²) >= 11 is 0. The number of hydrogen-bond donors (Lipinski definition) is 1. The molecule has 0 radical (unpaired) electrons. The second kappa shape index (κ2) is 5.31. The highest BCUT2D eigenvalue weighted by Gasteiger charge is 2.14. The summed E-state index contributed by atoms with van der Waals surface area (Å²) in [6, 6.07) is 10.4. The minimum absolute atomic E-state index is 0.168. The maximum absolute atomic E-state index is 12.3. The van der Waals surface area contributed by atoms with E-state index in [1.54, 1.807) is 30.3 Å². The number of rotatable bonds is 4. The predicted molar refractivity (Wildman–Crippen MR) is 69.7 cm³/mol. The summed E-state index contributed by atoms with van der Waals surface area (Å²) in [5.74, 6) is 0.405. The maximum atomic E-state index is 12.3. The van der Waals surface area contributed by atoms with Crippen LogP contribution in [0.3, 0.4) is 0 Å². The van der Waals surface area contributed by atoms with Crippen LogP contribution in [0.25, 0.3) is 0 Å². The molecule has 0 atom stereocenters. The van der Waals surface area contributed by atoms with Crippen LogP contribution in [-0.2, 0) is 0 Å². The molecule has 0 aliphatic rings. The van der Waals surface area contributed by atoms with Gasteiger partial charge in [-0.2, -0.15) is 0 Å². The Bertz CT molecular complexity index is 550. The fourth-order valence-electron chi connectivity index (χ4n) is 1.61. The van der Waals surface area contributed by atoms with Gasteiger partial charge in [-0.05, 0) is 31.2 Å². The first kappa shape index (κ1) is 12.1. The first-order chi connectivity index (χ1) is 8.72. The maximum Gasteiger partial charge on any atom is 0.215 e. The summed E-state index contributed by atoms with van der Waals surface area (Å²) in [5.41, 5.74) is 6.95. The molecule has 18 heavy (non-hydrogen) atoms. The van der Waals surface area contributed by atoms with E-state index in [-0.39, 0.29) is 5.78 Å². The second-order valence-electron chi connectivity index (χ2n) is 3.74. The molecule has 4 nitrogen and oxygen atoms in total. The van der Waals surface area contributed by atoms with Crippen molar-refractivity contribution in [1.82, 2.24) is 4.98 Å². The van der Waals surface area contributed by atoms with Gasteiger partial charge in [0.05, 0.1) is 24.1 Å². The predicted octanol–water partition coefficient (Wildman–Crippen LogP) is 2.29. The van der Waals surface area contributed by atoms with E-state index >= 15 is 0 Å². The van der Waals surface area contributed by atoms with Gasteiger partial charge >= 0.3 is 0 Å². The lowest BCUT2D eigenvalue weighted by Crippen LogP contribution is -2.07. The highest BCUT2D eigenvalue weighted by molar-refractivity contribution is 6.09. The van der Waals surface area contributed by atoms with Gasteiger partial charge in [-0.3, -0.25) is 9.78 Å². The van der Waals surface area contributed by atoms with Crippen LogP contribution in [0.1, 0.15) is 23.0 Å². The van der Waals surface area contributed by atoms with E-state index in [1.165, 1.54) is 6.20 Å². The van der Waals surface area contributed by atoms with Gasteiger partial charge in [-0.15, -0.1) is 0 Å². The monoisotopic (exact) mass is 242 g/mol. The molecule has 4 heteroatoms. The Morgan fingerprint density at radius 2 is 2.06 bits per heavy atom. The van der Waals surface area contributed by atoms with E-state index in [0.717, 1.165) is 0 Å². The van der Waals surface area contributed by atoms with E-state index in [4.69, 9.17) is 10.5 Å². The Balaban J connectivity index is 2.36. The molecule has 2 aromatic rings. The third kappa shape index (κ3) is 2.48. The van der Waals surface area contributed by atoms with Gasteiger partial charge in [-0.25, -0.2) is 0 Å². The topological polar surface area (TPSA) is 65.2 Å². The van der Waals surface area contributed by atoms with Gasteiger partial charge in [0.1, 0.15) is 11.4 Å². The Hall–Kier alpha value is -2.36. The van der Waals surface area contributed by atoms with Crippen LogP contribution in [0.4, 0.5) is 5.69 Å². The molecule has 0 saturated carbocycles. The van der Waals surface area contributed by atoms with Crippen molar-refractivity contribution in [2.75, 3.05) is 12.3 Å². The van der Waals surface area contributed by atoms with Crippen molar-refractivity contribution in [3.8, 4) is 5.75 Å². The van der Waals surface area contributed by atoms with E-state index in [1.807, 2.05) is 13.0 Å². The number of para-hydroxylation sites is 1. The minimum atomic E-state index is -0.168. The standard InChI is InChI=1S/C14H14N2O2/c1-2-18-13-6-4-3-5-11(13)14(17)12-8-7-10(15)9-16-12/h3-9H,2,15H2,1H3. The highest BCUT2D eigenvalue weighted by atomic mass is 16.5. The summed E-state index contributed by atoms with van der Waals surface area (Å²) in [4.78, 5) is 16.3. The lowest BCUT2D eigenvalue weighted by Gasteiger charge is -2.08. The van der Waals surface area contributed by atoms with Crippen molar-refractivity contribution in [3.05, 3.63) is 53.9 Å². The fourth-order valence-corrected chi connectivity index (χ4v) is 1.61. The molecule has 92 valence electrons. The van der Waals surface area contributed by atoms with Gasteiger partial charge in [-0.1, -0.05) is 12.1 Å². The van der Waals surface area contributed by atoms with Gasteiger partial charge in [0.25, 0.3) is 0 Å². The molecular formula is C14H14N2O2. The summed E-state index contributed by atoms with van der Waals surface area (Å²) < 4.78 is 5.43. The van der Waals surface area contributed by atoms with Crippen molar-refractivity contribution in [3.63, 3.8) is 0 Å². The van der Waals surface area contributed by atoms with E-state index in [2.05, 4.69) is 4.98 Å². The molecule has 0 aliphatic heterocycles. The van der Waals surface area contributed by atoms with Crippen LogP contribution >= 0.6 is 0 Å². The van der Waals surface area contributed by atoms with Crippen LogP contribution in [-0.4, -0.2) is 17.4 Å². The number of carbonyl (C=O) groups is 1. The number of hydrogen-bond acceptors (Lipinski definition) is 4. The first-order valence-corrected chi connectivity index (χ1v) is 5.70. The van der Waals surface area contributed by atoms with Gasteiger partial charge < -0.3 is 10.5 Å². The number of anilines is 1. The van der Waals surface area contributed by atoms with Crippen LogP contribution in [0.2, 0.25) is 0 Å². The summed E-state index contributed by atoms with van der Waals surface area (Å²) in [6.07, 6.45) is 1.47. The Morgan fingerprint density at radius 3 is 2.72 bits per heavy atom. The van der Waals surface area contributed by atoms with Crippen molar-refractivity contribution in [2.45, 2.75) is 6.92 Å². The summed E-state index contributed by atoms with van der Waals surface area (Å²) in [5, 5.41) is 0. The Kier molecular flexibility index (Phi) is 3.57. The van der Waals surface area contributed by atoms with Crippen molar-refractivity contribution >= 4 is 11.5 Å². The number of benzene rings is 1. The van der Waals surface area contributed by atoms with Crippen molar-refractivity contribution in [1.29, 1.82) is 0 Å². The molecule has 0 bridgehead atoms. The second-order valence-corrected chi connectivity index (χ2v) is 3.74. The molecule has 0 unspecified atom stereocenters. The number of aromatic nitrogens is 1.